The van der Waals surface area contributed by atoms with Gasteiger partial charge in [0, 0.05) is 6.07 Å². The smallest absolute Gasteiger partial charge is 0.872 e. The quantitative estimate of drug-likeness (QED) is 0.423. The monoisotopic (exact) mass is 372 g/mol. The molecule has 0 aliphatic heterocycles. The van der Waals surface area contributed by atoms with Crippen LogP contribution in [0.25, 0.3) is 0 Å². The minimum absolute atomic E-state index is 0. The van der Waals surface area contributed by atoms with E-state index in [0.29, 0.717) is 5.75 Å². The van der Waals surface area contributed by atoms with Crippen LogP contribution in [-0.2, 0) is 16.5 Å². The molecule has 25 heavy (non-hydrogen) atoms. The average Bonchev–Trinajstić information content (AvgIpc) is 2.50. The fourth-order valence-corrected chi connectivity index (χ4v) is 2.94. The maximum absolute atomic E-state index is 11.6. The molecule has 2 aromatic rings. The van der Waals surface area contributed by atoms with Crippen LogP contribution < -0.4 is 39.4 Å². The third-order valence-corrected chi connectivity index (χ3v) is 4.44. The molecular weight excluding hydrogens is 351 g/mol. The summed E-state index contributed by atoms with van der Waals surface area (Å²) in [5.74, 6) is 0.0592. The molecule has 0 spiro atoms. The number of benzene rings is 2. The molecule has 0 saturated carbocycles. The molecule has 0 amide bonds. The summed E-state index contributed by atoms with van der Waals surface area (Å²) < 4.78 is 37.0. The van der Waals surface area contributed by atoms with E-state index in [4.69, 9.17) is 9.29 Å². The SMILES string of the molecule is CCCCCCc1cccc(Oc2cc([O-])cc(S(=O)(=O)O)c2)c1.[Na+]. The zero-order valence-corrected chi connectivity index (χ0v) is 17.4. The van der Waals surface area contributed by atoms with Crippen LogP contribution in [-0.4, -0.2) is 13.0 Å². The second kappa shape index (κ2) is 10.2. The zero-order valence-electron chi connectivity index (χ0n) is 14.6. The van der Waals surface area contributed by atoms with Crippen molar-refractivity contribution in [2.24, 2.45) is 0 Å². The van der Waals surface area contributed by atoms with Crippen LogP contribution in [0.1, 0.15) is 38.2 Å². The topological polar surface area (TPSA) is 86.7 Å². The van der Waals surface area contributed by atoms with Crippen molar-refractivity contribution in [1.29, 1.82) is 0 Å². The first-order valence-electron chi connectivity index (χ1n) is 7.95. The van der Waals surface area contributed by atoms with Gasteiger partial charge >= 0.3 is 29.6 Å². The molecular formula is C18H21NaO5S. The molecule has 0 bridgehead atoms. The molecule has 0 aliphatic rings. The third kappa shape index (κ3) is 7.38. The number of ether oxygens (including phenoxy) is 1. The molecule has 0 unspecified atom stereocenters. The summed E-state index contributed by atoms with van der Waals surface area (Å²) in [6.45, 7) is 2.17. The summed E-state index contributed by atoms with van der Waals surface area (Å²) in [6, 6.07) is 10.6. The summed E-state index contributed by atoms with van der Waals surface area (Å²) in [6.07, 6.45) is 5.61. The molecule has 2 aromatic carbocycles. The molecule has 0 aliphatic carbocycles. The predicted octanol–water partition coefficient (Wildman–Crippen LogP) is 0.926. The van der Waals surface area contributed by atoms with Crippen molar-refractivity contribution in [3.05, 3.63) is 48.0 Å². The van der Waals surface area contributed by atoms with Crippen molar-refractivity contribution in [3.63, 3.8) is 0 Å². The van der Waals surface area contributed by atoms with Crippen molar-refractivity contribution < 1.29 is 52.4 Å². The van der Waals surface area contributed by atoms with Gasteiger partial charge in [-0.3, -0.25) is 4.55 Å². The summed E-state index contributed by atoms with van der Waals surface area (Å²) in [5, 5.41) is 11.6. The normalized spacial score (nSPS) is 11.0. The molecule has 2 rings (SSSR count). The number of aryl methyl sites for hydroxylation is 1. The molecule has 0 radical (unpaired) electrons. The summed E-state index contributed by atoms with van der Waals surface area (Å²) in [5.41, 5.74) is 1.12. The van der Waals surface area contributed by atoms with Gasteiger partial charge in [0.05, 0.1) is 4.90 Å². The maximum Gasteiger partial charge on any atom is 1.00 e. The molecule has 5 nitrogen and oxygen atoms in total. The van der Waals surface area contributed by atoms with Gasteiger partial charge in [0.15, 0.2) is 0 Å². The Hall–Kier alpha value is -1.05. The van der Waals surface area contributed by atoms with Gasteiger partial charge in [0.1, 0.15) is 11.5 Å². The standard InChI is InChI=1S/C18H22O5S.Na/c1-2-3-4-5-7-14-8-6-9-16(10-14)23-17-11-15(19)12-18(13-17)24(20,21)22;/h6,8-13,19H,2-5,7H2,1H3,(H,20,21,22);/q;+1/p-1. The minimum Gasteiger partial charge on any atom is -0.872 e. The van der Waals surface area contributed by atoms with E-state index in [1.54, 1.807) is 6.07 Å². The largest absolute Gasteiger partial charge is 1.00 e. The number of hydrogen-bond acceptors (Lipinski definition) is 4. The van der Waals surface area contributed by atoms with Crippen LogP contribution in [0.15, 0.2) is 47.4 Å². The Morgan fingerprint density at radius 3 is 2.48 bits per heavy atom. The van der Waals surface area contributed by atoms with Crippen molar-refractivity contribution in [1.82, 2.24) is 0 Å². The van der Waals surface area contributed by atoms with Crippen LogP contribution in [0.2, 0.25) is 0 Å². The van der Waals surface area contributed by atoms with Gasteiger partial charge < -0.3 is 9.84 Å². The first-order valence-corrected chi connectivity index (χ1v) is 9.39. The van der Waals surface area contributed by atoms with Crippen molar-refractivity contribution in [2.75, 3.05) is 0 Å². The van der Waals surface area contributed by atoms with Gasteiger partial charge in [0.2, 0.25) is 0 Å². The Kier molecular flexibility index (Phi) is 8.96. The van der Waals surface area contributed by atoms with Crippen LogP contribution in [0.5, 0.6) is 17.2 Å². The molecule has 130 valence electrons. The number of hydrogen-bond donors (Lipinski definition) is 1. The van der Waals surface area contributed by atoms with Gasteiger partial charge in [-0.25, -0.2) is 0 Å². The number of unbranched alkanes of at least 4 members (excludes halogenated alkanes) is 3. The molecule has 0 heterocycles. The zero-order chi connectivity index (χ0) is 17.6. The van der Waals surface area contributed by atoms with E-state index in [9.17, 15) is 13.5 Å². The Morgan fingerprint density at radius 2 is 1.80 bits per heavy atom. The average molecular weight is 372 g/mol. The van der Waals surface area contributed by atoms with Crippen LogP contribution in [0, 0.1) is 0 Å². The molecule has 7 heteroatoms. The molecule has 1 N–H and O–H groups in total. The van der Waals surface area contributed by atoms with Gasteiger partial charge in [0.25, 0.3) is 10.1 Å². The summed E-state index contributed by atoms with van der Waals surface area (Å²) in [4.78, 5) is -0.472. The van der Waals surface area contributed by atoms with E-state index < -0.39 is 20.8 Å². The van der Waals surface area contributed by atoms with Crippen LogP contribution in [0.3, 0.4) is 0 Å². The summed E-state index contributed by atoms with van der Waals surface area (Å²) >= 11 is 0. The Morgan fingerprint density at radius 1 is 1.04 bits per heavy atom. The van der Waals surface area contributed by atoms with Gasteiger partial charge in [-0.2, -0.15) is 8.42 Å². The van der Waals surface area contributed by atoms with E-state index >= 15 is 0 Å². The second-order valence-electron chi connectivity index (χ2n) is 5.68. The third-order valence-electron chi connectivity index (χ3n) is 3.60. The summed E-state index contributed by atoms with van der Waals surface area (Å²) in [7, 11) is -4.45. The predicted molar refractivity (Wildman–Crippen MR) is 90.1 cm³/mol. The van der Waals surface area contributed by atoms with Crippen molar-refractivity contribution >= 4 is 10.1 Å². The van der Waals surface area contributed by atoms with Gasteiger partial charge in [-0.05, 0) is 42.7 Å². The van der Waals surface area contributed by atoms with Crippen molar-refractivity contribution in [3.8, 4) is 17.2 Å². The van der Waals surface area contributed by atoms with E-state index in [-0.39, 0.29) is 35.3 Å². The molecule has 0 aromatic heterocycles. The fraction of sp³-hybridized carbons (Fsp3) is 0.333. The van der Waals surface area contributed by atoms with Crippen LogP contribution in [0.4, 0.5) is 0 Å². The van der Waals surface area contributed by atoms with E-state index in [1.807, 2.05) is 18.2 Å². The Balaban J connectivity index is 0.00000312. The maximum atomic E-state index is 11.6. The van der Waals surface area contributed by atoms with Gasteiger partial charge in [-0.15, -0.1) is 5.75 Å². The van der Waals surface area contributed by atoms with Crippen molar-refractivity contribution in [2.45, 2.75) is 43.9 Å². The van der Waals surface area contributed by atoms with E-state index in [1.165, 1.54) is 25.3 Å². The number of rotatable bonds is 8. The first-order chi connectivity index (χ1) is 11.4. The first kappa shape index (κ1) is 22.0. The Bertz CT molecular complexity index is 790. The molecule has 0 saturated heterocycles. The van der Waals surface area contributed by atoms with Gasteiger partial charge in [-0.1, -0.05) is 38.3 Å². The second-order valence-corrected chi connectivity index (χ2v) is 7.10. The van der Waals surface area contributed by atoms with E-state index in [0.717, 1.165) is 30.5 Å². The van der Waals surface area contributed by atoms with E-state index in [2.05, 4.69) is 6.92 Å². The Labute approximate surface area is 171 Å². The fourth-order valence-electron chi connectivity index (χ4n) is 2.41. The molecule has 0 atom stereocenters. The van der Waals surface area contributed by atoms with Crippen LogP contribution >= 0.6 is 0 Å². The molecule has 0 fully saturated rings. The minimum atomic E-state index is -4.45.